The molecule has 3 unspecified atom stereocenters. The highest BCUT2D eigenvalue weighted by Crippen LogP contribution is 2.46. The molecule has 39 heavy (non-hydrogen) atoms. The third kappa shape index (κ3) is 5.80. The van der Waals surface area contributed by atoms with Crippen LogP contribution in [0, 0.1) is 5.92 Å². The van der Waals surface area contributed by atoms with Crippen molar-refractivity contribution in [1.29, 1.82) is 0 Å². The molecule has 0 aromatic heterocycles. The largest absolute Gasteiger partial charge is 0.524 e. The van der Waals surface area contributed by atoms with E-state index in [1.807, 2.05) is 65.6 Å². The summed E-state index contributed by atoms with van der Waals surface area (Å²) in [6.07, 6.45) is -5.46. The summed E-state index contributed by atoms with van der Waals surface area (Å²) in [7, 11) is 1.40. The van der Waals surface area contributed by atoms with Crippen molar-refractivity contribution >= 4 is 5.97 Å². The summed E-state index contributed by atoms with van der Waals surface area (Å²) in [5, 5.41) is 13.3. The molecular formula is C30H31F3N2O4. The predicted molar refractivity (Wildman–Crippen MR) is 139 cm³/mol. The Bertz CT molecular complexity index is 1220. The highest BCUT2D eigenvalue weighted by molar-refractivity contribution is 5.74. The molecule has 6 rings (SSSR count). The molecule has 3 aliphatic heterocycles. The van der Waals surface area contributed by atoms with Crippen LogP contribution < -0.4 is 10.1 Å². The fraction of sp³-hybridized carbons (Fsp3) is 0.367. The monoisotopic (exact) mass is 540 g/mol. The number of ether oxygens (including phenoxy) is 2. The van der Waals surface area contributed by atoms with Gasteiger partial charge >= 0.3 is 12.3 Å². The van der Waals surface area contributed by atoms with Gasteiger partial charge in [0.2, 0.25) is 0 Å². The van der Waals surface area contributed by atoms with Crippen LogP contribution in [0.5, 0.6) is 5.75 Å². The third-order valence-corrected chi connectivity index (χ3v) is 7.90. The number of para-hydroxylation sites is 1. The average molecular weight is 541 g/mol. The van der Waals surface area contributed by atoms with Gasteiger partial charge in [-0.3, -0.25) is 19.7 Å². The molecule has 0 aliphatic carbocycles. The lowest BCUT2D eigenvalue weighted by Gasteiger charge is -2.57. The number of aliphatic carboxylic acids is 1. The predicted octanol–water partition coefficient (Wildman–Crippen LogP) is 5.57. The van der Waals surface area contributed by atoms with Gasteiger partial charge in [-0.15, -0.1) is 13.2 Å². The van der Waals surface area contributed by atoms with E-state index in [4.69, 9.17) is 4.74 Å². The van der Waals surface area contributed by atoms with E-state index in [9.17, 15) is 23.1 Å². The van der Waals surface area contributed by atoms with Crippen LogP contribution in [0.1, 0.15) is 41.7 Å². The zero-order chi connectivity index (χ0) is 27.6. The first-order chi connectivity index (χ1) is 18.8. The number of halogens is 3. The first kappa shape index (κ1) is 27.2. The van der Waals surface area contributed by atoms with E-state index >= 15 is 0 Å². The number of methoxy groups -OCH3 is 1. The summed E-state index contributed by atoms with van der Waals surface area (Å²) in [4.78, 5) is 14.3. The molecule has 0 amide bonds. The molecule has 6 nitrogen and oxygen atoms in total. The molecule has 6 atom stereocenters. The molecular weight excluding hydrogens is 509 g/mol. The van der Waals surface area contributed by atoms with Crippen LogP contribution in [0.3, 0.4) is 0 Å². The lowest BCUT2D eigenvalue weighted by atomic mass is 9.68. The van der Waals surface area contributed by atoms with E-state index in [0.717, 1.165) is 11.1 Å². The SMILES string of the molecule is COc1ccccc1C(N[C@H]1[C@H]2CCN(C(C(=O)O)C2)[C@H]1C(c1ccccc1)c1ccccc1)OC(F)(F)F. The van der Waals surface area contributed by atoms with Crippen LogP contribution in [-0.4, -0.2) is 54.1 Å². The molecule has 3 heterocycles. The number of rotatable bonds is 9. The lowest BCUT2D eigenvalue weighted by Crippen LogP contribution is -2.69. The molecule has 3 saturated heterocycles. The summed E-state index contributed by atoms with van der Waals surface area (Å²) in [6.45, 7) is 0.542. The minimum Gasteiger partial charge on any atom is -0.496 e. The van der Waals surface area contributed by atoms with Crippen LogP contribution in [0.2, 0.25) is 0 Å². The minimum atomic E-state index is -4.91. The van der Waals surface area contributed by atoms with Crippen molar-refractivity contribution < 1.29 is 32.5 Å². The topological polar surface area (TPSA) is 71.0 Å². The van der Waals surface area contributed by atoms with Crippen LogP contribution >= 0.6 is 0 Å². The van der Waals surface area contributed by atoms with Crippen molar-refractivity contribution in [3.63, 3.8) is 0 Å². The number of piperidine rings is 3. The van der Waals surface area contributed by atoms with Crippen LogP contribution in [0.15, 0.2) is 84.9 Å². The number of nitrogens with one attached hydrogen (secondary N) is 1. The Labute approximate surface area is 225 Å². The molecule has 3 aliphatic rings. The van der Waals surface area contributed by atoms with E-state index < -0.39 is 36.7 Å². The zero-order valence-electron chi connectivity index (χ0n) is 21.4. The van der Waals surface area contributed by atoms with Crippen LogP contribution in [0.25, 0.3) is 0 Å². The molecule has 3 aromatic carbocycles. The molecule has 3 aromatic rings. The van der Waals surface area contributed by atoms with Gasteiger partial charge in [-0.1, -0.05) is 78.9 Å². The fourth-order valence-corrected chi connectivity index (χ4v) is 6.34. The van der Waals surface area contributed by atoms with E-state index in [2.05, 4.69) is 10.1 Å². The average Bonchev–Trinajstić information content (AvgIpc) is 2.94. The Hall–Kier alpha value is -3.40. The summed E-state index contributed by atoms with van der Waals surface area (Å²) >= 11 is 0. The van der Waals surface area contributed by atoms with E-state index in [-0.39, 0.29) is 23.1 Å². The molecule has 2 N–H and O–H groups in total. The summed E-state index contributed by atoms with van der Waals surface area (Å²) in [6, 6.07) is 24.2. The Balaban J connectivity index is 1.62. The van der Waals surface area contributed by atoms with Gasteiger partial charge in [0.25, 0.3) is 0 Å². The van der Waals surface area contributed by atoms with Crippen molar-refractivity contribution in [3.8, 4) is 5.75 Å². The number of hydrogen-bond donors (Lipinski definition) is 2. The molecule has 0 saturated carbocycles. The van der Waals surface area contributed by atoms with E-state index in [1.165, 1.54) is 7.11 Å². The Morgan fingerprint density at radius 3 is 2.13 bits per heavy atom. The van der Waals surface area contributed by atoms with Gasteiger partial charge in [0.1, 0.15) is 18.0 Å². The van der Waals surface area contributed by atoms with Crippen molar-refractivity contribution in [1.82, 2.24) is 10.2 Å². The highest BCUT2D eigenvalue weighted by Gasteiger charge is 2.53. The molecule has 0 radical (unpaired) electrons. The highest BCUT2D eigenvalue weighted by atomic mass is 19.4. The standard InChI is InChI=1S/C30H31F3N2O4/c1-38-24-15-9-8-14-22(24)28(39-30(31,32)33)34-26-21-16-17-35(23(18-21)29(36)37)27(26)25(19-10-4-2-5-11-19)20-12-6-3-7-13-20/h2-15,21,23,25-28,34H,16-18H2,1H3,(H,36,37)/t21-,23?,26-,27-,28?/m0/s1. The normalized spacial score (nSPS) is 25.4. The minimum absolute atomic E-state index is 0.176. The second kappa shape index (κ2) is 11.4. The lowest BCUT2D eigenvalue weighted by molar-refractivity contribution is -0.350. The Morgan fingerprint density at radius 1 is 0.974 bits per heavy atom. The van der Waals surface area contributed by atoms with Gasteiger partial charge in [-0.05, 0) is 42.5 Å². The van der Waals surface area contributed by atoms with Gasteiger partial charge in [-0.2, -0.15) is 0 Å². The number of hydrogen-bond acceptors (Lipinski definition) is 5. The van der Waals surface area contributed by atoms with Gasteiger partial charge in [0, 0.05) is 23.6 Å². The van der Waals surface area contributed by atoms with Crippen molar-refractivity contribution in [2.45, 2.75) is 49.5 Å². The fourth-order valence-electron chi connectivity index (χ4n) is 6.34. The quantitative estimate of drug-likeness (QED) is 0.346. The second-order valence-corrected chi connectivity index (χ2v) is 10.0. The number of carboxylic acids is 1. The van der Waals surface area contributed by atoms with Gasteiger partial charge in [0.05, 0.1) is 7.11 Å². The van der Waals surface area contributed by atoms with Crippen molar-refractivity contribution in [3.05, 3.63) is 102 Å². The van der Waals surface area contributed by atoms with Gasteiger partial charge < -0.3 is 9.84 Å². The summed E-state index contributed by atoms with van der Waals surface area (Å²) < 4.78 is 51.2. The smallest absolute Gasteiger partial charge is 0.496 e. The van der Waals surface area contributed by atoms with Crippen LogP contribution in [0.4, 0.5) is 13.2 Å². The van der Waals surface area contributed by atoms with Crippen LogP contribution in [-0.2, 0) is 9.53 Å². The second-order valence-electron chi connectivity index (χ2n) is 10.0. The third-order valence-electron chi connectivity index (χ3n) is 7.90. The maximum Gasteiger partial charge on any atom is 0.524 e. The zero-order valence-corrected chi connectivity index (χ0v) is 21.4. The van der Waals surface area contributed by atoms with Gasteiger partial charge in [-0.25, -0.2) is 0 Å². The maximum absolute atomic E-state index is 13.7. The number of carbonyl (C=O) groups is 1. The molecule has 3 fully saturated rings. The summed E-state index contributed by atoms with van der Waals surface area (Å²) in [5.41, 5.74) is 2.14. The molecule has 9 heteroatoms. The Kier molecular flexibility index (Phi) is 7.93. The van der Waals surface area contributed by atoms with Crippen molar-refractivity contribution in [2.24, 2.45) is 5.92 Å². The van der Waals surface area contributed by atoms with Crippen molar-refractivity contribution in [2.75, 3.05) is 13.7 Å². The number of benzene rings is 3. The maximum atomic E-state index is 13.7. The number of carboxylic acid groups (broad SMARTS) is 1. The van der Waals surface area contributed by atoms with E-state index in [0.29, 0.717) is 19.4 Å². The first-order valence-corrected chi connectivity index (χ1v) is 13.0. The number of nitrogens with zero attached hydrogens (tertiary/aromatic N) is 1. The van der Waals surface area contributed by atoms with E-state index in [1.54, 1.807) is 24.3 Å². The summed E-state index contributed by atoms with van der Waals surface area (Å²) in [5.74, 6) is -1.12. The number of alkyl halides is 3. The Morgan fingerprint density at radius 2 is 1.56 bits per heavy atom. The molecule has 2 bridgehead atoms. The molecule has 206 valence electrons. The van der Waals surface area contributed by atoms with Gasteiger partial charge in [0.15, 0.2) is 0 Å². The molecule has 0 spiro atoms. The first-order valence-electron chi connectivity index (χ1n) is 13.0. The number of fused-ring (bicyclic) bond motifs is 3.